The number of fused-ring (bicyclic) bond motifs is 1. The molecule has 2 aromatic carbocycles. The molecule has 15 N–H and O–H groups in total. The third kappa shape index (κ3) is 14.8. The van der Waals surface area contributed by atoms with Crippen LogP contribution in [0.15, 0.2) is 60.8 Å². The van der Waals surface area contributed by atoms with Gasteiger partial charge in [-0.3, -0.25) is 52.7 Å². The number of aromatic nitrogens is 1. The number of nitrogens with zero attached hydrogens (tertiary/aromatic N) is 1. The van der Waals surface area contributed by atoms with Gasteiger partial charge in [0, 0.05) is 42.9 Å². The van der Waals surface area contributed by atoms with Crippen LogP contribution < -0.4 is 54.4 Å². The Kier molecular flexibility index (Phi) is 19.3. The Balaban J connectivity index is 1.31. The molecule has 0 bridgehead atoms. The second-order valence-electron chi connectivity index (χ2n) is 18.2. The van der Waals surface area contributed by atoms with Crippen molar-refractivity contribution < 1.29 is 57.8 Å². The van der Waals surface area contributed by atoms with Crippen LogP contribution in [0.3, 0.4) is 0 Å². The lowest BCUT2D eigenvalue weighted by molar-refractivity contribution is -0.145. The fourth-order valence-corrected chi connectivity index (χ4v) is 8.59. The Labute approximate surface area is 414 Å². The smallest absolute Gasteiger partial charge is 0.248 e. The summed E-state index contributed by atoms with van der Waals surface area (Å²) in [6.45, 7) is 4.61. The van der Waals surface area contributed by atoms with Gasteiger partial charge in [-0.25, -0.2) is 0 Å². The number of nitrogens with one attached hydrogen (secondary N) is 8. The monoisotopic (exact) mass is 1000 g/mol. The molecule has 2 aliphatic heterocycles. The molecule has 0 aliphatic carbocycles. The van der Waals surface area contributed by atoms with Gasteiger partial charge in [-0.15, -0.1) is 0 Å². The molecule has 5 rings (SSSR count). The average Bonchev–Trinajstić information content (AvgIpc) is 4.11. The number of aliphatic hydroxyl groups excluding tert-OH is 1. The number of nitrogens with two attached hydrogens (primary N) is 3. The van der Waals surface area contributed by atoms with Crippen molar-refractivity contribution in [1.29, 1.82) is 0 Å². The Morgan fingerprint density at radius 3 is 1.89 bits per heavy atom. The molecule has 2 aliphatic rings. The van der Waals surface area contributed by atoms with E-state index in [1.165, 1.54) is 6.92 Å². The van der Waals surface area contributed by atoms with Crippen LogP contribution in [-0.4, -0.2) is 141 Å². The van der Waals surface area contributed by atoms with Crippen molar-refractivity contribution in [1.82, 2.24) is 47.1 Å². The topological polar surface area (TPSA) is 389 Å². The molecular formula is C48H64N12O12. The number of likely N-dealkylation sites (tertiary alicyclic amines) is 1. The van der Waals surface area contributed by atoms with E-state index < -0.39 is 132 Å². The molecule has 2 saturated heterocycles. The van der Waals surface area contributed by atoms with Gasteiger partial charge >= 0.3 is 0 Å². The summed E-state index contributed by atoms with van der Waals surface area (Å²) in [5, 5.41) is 29.3. The second kappa shape index (κ2) is 25.3. The maximum absolute atomic E-state index is 14.3. The van der Waals surface area contributed by atoms with Crippen LogP contribution in [0.5, 0.6) is 0 Å². The molecule has 72 heavy (non-hydrogen) atoms. The number of rotatable bonds is 25. The number of aliphatic hydroxyl groups is 1. The minimum atomic E-state index is -1.72. The van der Waals surface area contributed by atoms with Gasteiger partial charge in [0.05, 0.1) is 18.9 Å². The molecule has 0 radical (unpaired) electrons. The quantitative estimate of drug-likeness (QED) is 0.0399. The van der Waals surface area contributed by atoms with Crippen molar-refractivity contribution >= 4 is 75.9 Å². The van der Waals surface area contributed by atoms with Crippen molar-refractivity contribution in [3.63, 3.8) is 0 Å². The molecular weight excluding hydrogens is 937 g/mol. The molecule has 388 valence electrons. The van der Waals surface area contributed by atoms with E-state index >= 15 is 0 Å². The van der Waals surface area contributed by atoms with Crippen molar-refractivity contribution in [2.45, 2.75) is 133 Å². The van der Waals surface area contributed by atoms with E-state index in [4.69, 9.17) is 17.2 Å². The van der Waals surface area contributed by atoms with Gasteiger partial charge in [0.15, 0.2) is 0 Å². The molecule has 0 unspecified atom stereocenters. The number of amides is 11. The predicted octanol–water partition coefficient (Wildman–Crippen LogP) is -3.21. The average molecular weight is 1000 g/mol. The Morgan fingerprint density at radius 2 is 1.29 bits per heavy atom. The summed E-state index contributed by atoms with van der Waals surface area (Å²) < 4.78 is 0. The first-order valence-electron chi connectivity index (χ1n) is 23.7. The van der Waals surface area contributed by atoms with Crippen molar-refractivity contribution in [3.05, 3.63) is 71.9 Å². The molecule has 24 heteroatoms. The fraction of sp³-hybridized carbons (Fsp3) is 0.479. The molecule has 24 nitrogen and oxygen atoms in total. The van der Waals surface area contributed by atoms with E-state index in [2.05, 4.69) is 42.2 Å². The zero-order chi connectivity index (χ0) is 52.8. The molecule has 10 atom stereocenters. The van der Waals surface area contributed by atoms with Gasteiger partial charge in [-0.2, -0.15) is 0 Å². The van der Waals surface area contributed by atoms with E-state index in [9.17, 15) is 57.8 Å². The number of aromatic amines is 1. The highest BCUT2D eigenvalue weighted by atomic mass is 16.3. The first kappa shape index (κ1) is 55.0. The normalized spacial score (nSPS) is 18.7. The zero-order valence-corrected chi connectivity index (χ0v) is 40.2. The molecule has 0 spiro atoms. The van der Waals surface area contributed by atoms with Crippen LogP contribution in [0.2, 0.25) is 0 Å². The lowest BCUT2D eigenvalue weighted by Crippen LogP contribution is -2.62. The molecule has 1 aromatic heterocycles. The molecule has 0 saturated carbocycles. The first-order chi connectivity index (χ1) is 34.2. The van der Waals surface area contributed by atoms with E-state index in [1.807, 2.05) is 18.2 Å². The minimum absolute atomic E-state index is 0.0378. The summed E-state index contributed by atoms with van der Waals surface area (Å²) in [5.74, 6) is -9.97. The largest absolute Gasteiger partial charge is 0.391 e. The van der Waals surface area contributed by atoms with Gasteiger partial charge in [0.25, 0.3) is 0 Å². The molecule has 3 aromatic rings. The van der Waals surface area contributed by atoms with Crippen LogP contribution in [0, 0.1) is 5.92 Å². The number of benzene rings is 2. The summed E-state index contributed by atoms with van der Waals surface area (Å²) >= 11 is 0. The van der Waals surface area contributed by atoms with E-state index in [0.717, 1.165) is 15.8 Å². The number of hydrogen-bond acceptors (Lipinski definition) is 12. The number of H-pyrrole nitrogens is 1. The van der Waals surface area contributed by atoms with Crippen LogP contribution >= 0.6 is 0 Å². The Bertz CT molecular complexity index is 2520. The zero-order valence-electron chi connectivity index (χ0n) is 40.2. The van der Waals surface area contributed by atoms with Crippen LogP contribution in [0.4, 0.5) is 0 Å². The number of carbonyl (C=O) groups excluding carboxylic acids is 11. The van der Waals surface area contributed by atoms with Crippen molar-refractivity contribution in [2.75, 3.05) is 6.54 Å². The minimum Gasteiger partial charge on any atom is -0.391 e. The highest BCUT2D eigenvalue weighted by Gasteiger charge is 2.42. The summed E-state index contributed by atoms with van der Waals surface area (Å²) in [5.41, 5.74) is 18.6. The fourth-order valence-electron chi connectivity index (χ4n) is 8.59. The predicted molar refractivity (Wildman–Crippen MR) is 258 cm³/mol. The highest BCUT2D eigenvalue weighted by molar-refractivity contribution is 6.00. The standard InChI is InChI=1S/C48H64N12O12/c1-4-24(2)39(58-42(66)30-16-17-38(64)53-30)47(71)57-34(22-37(50)63)44(68)55-32(19-26-11-6-5-7-12-26)45(69)59-40(25(3)61)48(72)60-18-10-15-35(60)46(70)56-33(21-36(49)62)43(67)54-31(41(51)65)20-27-23-52-29-14-9-8-13-28(27)29/h5-9,11-14,23-25,30-35,39-40,52,61H,4,10,15-22H2,1-3H3,(H2,49,62)(H2,50,63)(H2,51,65)(H,53,64)(H,54,67)(H,55,68)(H,56,70)(H,57,71)(H,58,66)(H,59,69)/t24-,25+,30-,31-,32-,33-,34-,35-,39-,40-/m0/s1. The highest BCUT2D eigenvalue weighted by Crippen LogP contribution is 2.22. The summed E-state index contributed by atoms with van der Waals surface area (Å²) in [6, 6.07) is 4.39. The molecule has 11 amide bonds. The first-order valence-corrected chi connectivity index (χ1v) is 23.7. The maximum atomic E-state index is 14.3. The van der Waals surface area contributed by atoms with Crippen LogP contribution in [0.1, 0.15) is 76.8 Å². The SMILES string of the molecule is CC[C@H](C)[C@H](NC(=O)[C@@H]1CCC(=O)N1)C(=O)N[C@@H](CC(N)=O)C(=O)N[C@@H](Cc1ccccc1)C(=O)N[C@H](C(=O)N1CCC[C@H]1C(=O)N[C@@H](CC(N)=O)C(=O)N[C@@H](Cc1c[nH]c2ccccc12)C(N)=O)[C@@H](C)O. The third-order valence-corrected chi connectivity index (χ3v) is 12.7. The van der Waals surface area contributed by atoms with Crippen molar-refractivity contribution in [3.8, 4) is 0 Å². The van der Waals surface area contributed by atoms with E-state index in [-0.39, 0.29) is 51.0 Å². The van der Waals surface area contributed by atoms with Gasteiger partial charge in [0.2, 0.25) is 65.0 Å². The van der Waals surface area contributed by atoms with Gasteiger partial charge < -0.3 is 69.4 Å². The van der Waals surface area contributed by atoms with Crippen molar-refractivity contribution in [2.24, 2.45) is 23.1 Å². The third-order valence-electron chi connectivity index (χ3n) is 12.7. The number of para-hydroxylation sites is 1. The summed E-state index contributed by atoms with van der Waals surface area (Å²) in [6.07, 6.45) is -0.552. The molecule has 3 heterocycles. The van der Waals surface area contributed by atoms with Crippen LogP contribution in [0.25, 0.3) is 10.9 Å². The van der Waals surface area contributed by atoms with E-state index in [1.54, 1.807) is 56.4 Å². The van der Waals surface area contributed by atoms with Gasteiger partial charge in [-0.1, -0.05) is 68.8 Å². The Morgan fingerprint density at radius 1 is 0.694 bits per heavy atom. The molecule has 2 fully saturated rings. The maximum Gasteiger partial charge on any atom is 0.248 e. The summed E-state index contributed by atoms with van der Waals surface area (Å²) in [7, 11) is 0. The second-order valence-corrected chi connectivity index (χ2v) is 18.2. The lowest BCUT2D eigenvalue weighted by Gasteiger charge is -2.32. The number of hydrogen-bond donors (Lipinski definition) is 12. The number of carbonyl (C=O) groups is 11. The Hall–Kier alpha value is -7.89. The van der Waals surface area contributed by atoms with Gasteiger partial charge in [-0.05, 0) is 49.3 Å². The van der Waals surface area contributed by atoms with E-state index in [0.29, 0.717) is 17.5 Å². The number of primary amides is 3. The van der Waals surface area contributed by atoms with Crippen LogP contribution in [-0.2, 0) is 65.6 Å². The van der Waals surface area contributed by atoms with Gasteiger partial charge in [0.1, 0.15) is 48.3 Å². The lowest BCUT2D eigenvalue weighted by atomic mass is 9.97. The summed E-state index contributed by atoms with van der Waals surface area (Å²) in [4.78, 5) is 150.